The Hall–Kier alpha value is -1.50. The second kappa shape index (κ2) is 9.55. The monoisotopic (exact) mass is 460 g/mol. The Kier molecular flexibility index (Phi) is 6.99. The van der Waals surface area contributed by atoms with Gasteiger partial charge in [-0.05, 0) is 24.6 Å². The van der Waals surface area contributed by atoms with Crippen LogP contribution in [-0.4, -0.2) is 66.3 Å². The van der Waals surface area contributed by atoms with Gasteiger partial charge < -0.3 is 26.3 Å². The first-order valence-corrected chi connectivity index (χ1v) is 12.5. The fourth-order valence-corrected chi connectivity index (χ4v) is 8.42. The third-order valence-corrected chi connectivity index (χ3v) is 9.93. The molecule has 0 amide bonds. The van der Waals surface area contributed by atoms with E-state index in [0.717, 1.165) is 52.6 Å². The molecule has 31 heavy (non-hydrogen) atoms. The number of fused-ring (bicyclic) bond motifs is 1. The first-order chi connectivity index (χ1) is 14.7. The summed E-state index contributed by atoms with van der Waals surface area (Å²) in [6, 6.07) is 17.1. The number of rotatable bonds is 4. The SMILES string of the molecule is Cc1c(-c2ccccc2)c([P+](N)(N2CCOCC2)N2CCOCC2)c2ccccn12.[Cl-]. The van der Waals surface area contributed by atoms with Crippen molar-refractivity contribution in [3.05, 3.63) is 60.4 Å². The van der Waals surface area contributed by atoms with Crippen LogP contribution in [-0.2, 0) is 9.47 Å². The van der Waals surface area contributed by atoms with Gasteiger partial charge in [0.15, 0.2) is 5.30 Å². The number of aromatic nitrogens is 1. The van der Waals surface area contributed by atoms with Gasteiger partial charge in [0.05, 0.1) is 63.7 Å². The molecule has 166 valence electrons. The lowest BCUT2D eigenvalue weighted by Crippen LogP contribution is -3.00. The Morgan fingerprint density at radius 1 is 0.806 bits per heavy atom. The van der Waals surface area contributed by atoms with Crippen LogP contribution in [0.1, 0.15) is 5.69 Å². The van der Waals surface area contributed by atoms with Gasteiger partial charge >= 0.3 is 0 Å². The van der Waals surface area contributed by atoms with Crippen molar-refractivity contribution >= 4 is 18.5 Å². The lowest BCUT2D eigenvalue weighted by Gasteiger charge is -2.42. The van der Waals surface area contributed by atoms with Gasteiger partial charge in [0.2, 0.25) is 0 Å². The molecule has 2 aliphatic heterocycles. The maximum absolute atomic E-state index is 7.62. The standard InChI is InChI=1S/C23H30N4O2P.ClH/c1-19-22(20-7-3-2-4-8-20)23(21-9-5-6-10-27(19)21)30(24,25-11-15-28-16-12-25)26-13-17-29-18-14-26;/h2-10H,11-18,24H2,1H3;1H/q+1;/p-1. The Bertz CT molecular complexity index is 999. The first-order valence-electron chi connectivity index (χ1n) is 10.7. The molecule has 2 N–H and O–H groups in total. The van der Waals surface area contributed by atoms with Crippen molar-refractivity contribution in [3.8, 4) is 11.1 Å². The normalized spacial score (nSPS) is 18.8. The van der Waals surface area contributed by atoms with Gasteiger partial charge in [0.25, 0.3) is 7.71 Å². The predicted molar refractivity (Wildman–Crippen MR) is 123 cm³/mol. The van der Waals surface area contributed by atoms with Gasteiger partial charge in [-0.1, -0.05) is 36.4 Å². The average molecular weight is 461 g/mol. The lowest BCUT2D eigenvalue weighted by molar-refractivity contribution is -0.00000765. The molecule has 0 unspecified atom stereocenters. The van der Waals surface area contributed by atoms with Crippen LogP contribution in [0.4, 0.5) is 0 Å². The van der Waals surface area contributed by atoms with Crippen LogP contribution in [0.2, 0.25) is 0 Å². The molecule has 2 saturated heterocycles. The summed E-state index contributed by atoms with van der Waals surface area (Å²) in [4.78, 5) is 0. The van der Waals surface area contributed by atoms with Crippen LogP contribution >= 0.6 is 7.71 Å². The highest BCUT2D eigenvalue weighted by atomic mass is 35.5. The summed E-state index contributed by atoms with van der Waals surface area (Å²) >= 11 is 0. The van der Waals surface area contributed by atoms with E-state index in [2.05, 4.69) is 75.4 Å². The number of nitrogens with zero attached hydrogens (tertiary/aromatic N) is 3. The third-order valence-electron chi connectivity index (χ3n) is 6.29. The van der Waals surface area contributed by atoms with Crippen LogP contribution in [0.3, 0.4) is 0 Å². The average Bonchev–Trinajstić information content (AvgIpc) is 3.13. The highest BCUT2D eigenvalue weighted by molar-refractivity contribution is 7.77. The minimum Gasteiger partial charge on any atom is -1.00 e. The van der Waals surface area contributed by atoms with Gasteiger partial charge in [-0.2, -0.15) is 5.50 Å². The maximum atomic E-state index is 7.62. The second-order valence-electron chi connectivity index (χ2n) is 7.91. The molecule has 6 nitrogen and oxygen atoms in total. The predicted octanol–water partition coefficient (Wildman–Crippen LogP) is -0.0703. The smallest absolute Gasteiger partial charge is 0.260 e. The largest absolute Gasteiger partial charge is 1.00 e. The molecule has 0 radical (unpaired) electrons. The molecule has 4 heterocycles. The Morgan fingerprint density at radius 2 is 1.35 bits per heavy atom. The van der Waals surface area contributed by atoms with Crippen molar-refractivity contribution in [1.29, 1.82) is 0 Å². The van der Waals surface area contributed by atoms with Crippen LogP contribution < -0.4 is 23.2 Å². The number of aryl methyl sites for hydroxylation is 1. The minimum atomic E-state index is -2.31. The molecule has 2 aromatic heterocycles. The highest BCUT2D eigenvalue weighted by Crippen LogP contribution is 2.60. The topological polar surface area (TPSA) is 55.4 Å². The van der Waals surface area contributed by atoms with Gasteiger partial charge in [-0.3, -0.25) is 0 Å². The van der Waals surface area contributed by atoms with E-state index in [9.17, 15) is 0 Å². The van der Waals surface area contributed by atoms with E-state index >= 15 is 0 Å². The van der Waals surface area contributed by atoms with Crippen molar-refractivity contribution < 1.29 is 21.9 Å². The Morgan fingerprint density at radius 3 is 1.94 bits per heavy atom. The molecule has 0 bridgehead atoms. The molecule has 0 spiro atoms. The van der Waals surface area contributed by atoms with E-state index in [0.29, 0.717) is 0 Å². The van der Waals surface area contributed by atoms with Gasteiger partial charge in [-0.25, -0.2) is 0 Å². The number of pyridine rings is 1. The summed E-state index contributed by atoms with van der Waals surface area (Å²) < 4.78 is 18.7. The Balaban J connectivity index is 0.00000231. The number of halogens is 1. The summed E-state index contributed by atoms with van der Waals surface area (Å²) in [6.45, 7) is 8.57. The van der Waals surface area contributed by atoms with Crippen LogP contribution in [0.5, 0.6) is 0 Å². The molecule has 1 aromatic carbocycles. The third kappa shape index (κ3) is 3.91. The van der Waals surface area contributed by atoms with Crippen molar-refractivity contribution in [1.82, 2.24) is 13.7 Å². The number of nitrogens with two attached hydrogens (primary N) is 1. The van der Waals surface area contributed by atoms with Crippen molar-refractivity contribution in [2.45, 2.75) is 6.92 Å². The molecule has 5 rings (SSSR count). The zero-order valence-electron chi connectivity index (χ0n) is 17.9. The summed E-state index contributed by atoms with van der Waals surface area (Å²) in [5.74, 6) is 0. The zero-order chi connectivity index (χ0) is 20.6. The zero-order valence-corrected chi connectivity index (χ0v) is 19.6. The fourth-order valence-electron chi connectivity index (χ4n) is 4.81. The molecule has 3 aromatic rings. The molecule has 8 heteroatoms. The number of ether oxygens (including phenoxy) is 2. The summed E-state index contributed by atoms with van der Waals surface area (Å²) in [7, 11) is -2.31. The first kappa shape index (κ1) is 22.7. The molecular formula is C23H30ClN4O2P. The molecule has 0 saturated carbocycles. The second-order valence-corrected chi connectivity index (χ2v) is 10.8. The molecule has 2 fully saturated rings. The van der Waals surface area contributed by atoms with Crippen molar-refractivity contribution in [2.75, 3.05) is 52.6 Å². The van der Waals surface area contributed by atoms with E-state index < -0.39 is 7.71 Å². The Labute approximate surface area is 190 Å². The number of hydrogen-bond donors (Lipinski definition) is 1. The minimum absolute atomic E-state index is 0. The fraction of sp³-hybridized carbons (Fsp3) is 0.391. The molecule has 0 aliphatic carbocycles. The number of benzene rings is 1. The van der Waals surface area contributed by atoms with E-state index in [-0.39, 0.29) is 12.4 Å². The van der Waals surface area contributed by atoms with Crippen LogP contribution in [0.25, 0.3) is 16.6 Å². The molecule has 2 aliphatic rings. The van der Waals surface area contributed by atoms with E-state index in [1.54, 1.807) is 0 Å². The van der Waals surface area contributed by atoms with E-state index in [1.807, 2.05) is 0 Å². The van der Waals surface area contributed by atoms with Crippen molar-refractivity contribution in [2.24, 2.45) is 5.50 Å². The van der Waals surface area contributed by atoms with Gasteiger partial charge in [-0.15, -0.1) is 9.34 Å². The van der Waals surface area contributed by atoms with Crippen molar-refractivity contribution in [3.63, 3.8) is 0 Å². The quantitative estimate of drug-likeness (QED) is 0.552. The number of morpholine rings is 2. The summed E-state index contributed by atoms with van der Waals surface area (Å²) in [6.07, 6.45) is 2.16. The molecule has 0 atom stereocenters. The van der Waals surface area contributed by atoms with E-state index in [4.69, 9.17) is 15.0 Å². The maximum Gasteiger partial charge on any atom is 0.260 e. The highest BCUT2D eigenvalue weighted by Gasteiger charge is 2.54. The van der Waals surface area contributed by atoms with Crippen LogP contribution in [0.15, 0.2) is 54.7 Å². The van der Waals surface area contributed by atoms with E-state index in [1.165, 1.54) is 27.6 Å². The van der Waals surface area contributed by atoms with Crippen LogP contribution in [0, 0.1) is 6.92 Å². The summed E-state index contributed by atoms with van der Waals surface area (Å²) in [5.41, 5.74) is 12.6. The van der Waals surface area contributed by atoms with Gasteiger partial charge in [0.1, 0.15) is 0 Å². The molecular weight excluding hydrogens is 431 g/mol. The summed E-state index contributed by atoms with van der Waals surface area (Å²) in [5, 5.41) is 1.29. The lowest BCUT2D eigenvalue weighted by atomic mass is 10.1. The van der Waals surface area contributed by atoms with Gasteiger partial charge in [0, 0.05) is 11.9 Å². The number of hydrogen-bond acceptors (Lipinski definition) is 5.